The van der Waals surface area contributed by atoms with E-state index >= 15 is 0 Å². The summed E-state index contributed by atoms with van der Waals surface area (Å²) in [5.41, 5.74) is 3.28. The van der Waals surface area contributed by atoms with Crippen molar-refractivity contribution in [2.24, 2.45) is 0 Å². The number of rotatable bonds is 5. The van der Waals surface area contributed by atoms with Gasteiger partial charge in [-0.25, -0.2) is 4.98 Å². The average molecular weight is 434 g/mol. The molecule has 0 bridgehead atoms. The number of fused-ring (bicyclic) bond motifs is 2. The number of piperazine rings is 1. The van der Waals surface area contributed by atoms with E-state index in [0.29, 0.717) is 5.88 Å². The molecule has 5 nitrogen and oxygen atoms in total. The molecular formula is C27H35N3O2. The van der Waals surface area contributed by atoms with E-state index in [2.05, 4.69) is 39.1 Å². The van der Waals surface area contributed by atoms with Gasteiger partial charge in [0.15, 0.2) is 0 Å². The normalized spacial score (nSPS) is 26.0. The fourth-order valence-corrected chi connectivity index (χ4v) is 5.45. The summed E-state index contributed by atoms with van der Waals surface area (Å²) in [6, 6.07) is 4.92. The molecule has 5 heteroatoms. The van der Waals surface area contributed by atoms with Crippen LogP contribution in [0, 0.1) is 0 Å². The van der Waals surface area contributed by atoms with E-state index in [1.807, 2.05) is 18.2 Å². The Morgan fingerprint density at radius 3 is 2.81 bits per heavy atom. The van der Waals surface area contributed by atoms with Gasteiger partial charge in [-0.2, -0.15) is 0 Å². The van der Waals surface area contributed by atoms with Crippen LogP contribution in [0.2, 0.25) is 0 Å². The topological polar surface area (TPSA) is 37.8 Å². The van der Waals surface area contributed by atoms with Crippen molar-refractivity contribution in [1.82, 2.24) is 14.8 Å². The van der Waals surface area contributed by atoms with Crippen LogP contribution in [0.25, 0.3) is 5.57 Å². The van der Waals surface area contributed by atoms with Gasteiger partial charge in [0.05, 0.1) is 0 Å². The molecular weight excluding hydrogens is 398 g/mol. The molecule has 1 unspecified atom stereocenters. The molecule has 0 aromatic carbocycles. The zero-order chi connectivity index (χ0) is 21.8. The number of hydrogen-bond donors (Lipinski definition) is 0. The summed E-state index contributed by atoms with van der Waals surface area (Å²) in [6.07, 6.45) is 20.4. The highest BCUT2D eigenvalue weighted by Crippen LogP contribution is 2.36. The van der Waals surface area contributed by atoms with E-state index < -0.39 is 0 Å². The Kier molecular flexibility index (Phi) is 6.86. The van der Waals surface area contributed by atoms with Gasteiger partial charge in [-0.05, 0) is 49.1 Å². The molecule has 170 valence electrons. The van der Waals surface area contributed by atoms with E-state index in [-0.39, 0.29) is 6.10 Å². The molecule has 1 saturated heterocycles. The van der Waals surface area contributed by atoms with Gasteiger partial charge in [-0.15, -0.1) is 0 Å². The van der Waals surface area contributed by atoms with Crippen molar-refractivity contribution in [3.63, 3.8) is 0 Å². The maximum absolute atomic E-state index is 6.18. The van der Waals surface area contributed by atoms with Gasteiger partial charge in [0.2, 0.25) is 5.88 Å². The highest BCUT2D eigenvalue weighted by Gasteiger charge is 2.26. The molecule has 5 rings (SSSR count). The van der Waals surface area contributed by atoms with Crippen LogP contribution in [0.1, 0.15) is 44.1 Å². The molecule has 1 saturated carbocycles. The Morgan fingerprint density at radius 1 is 1.16 bits per heavy atom. The molecule has 2 aliphatic carbocycles. The molecule has 1 aromatic rings. The maximum Gasteiger partial charge on any atom is 0.227 e. The predicted octanol–water partition coefficient (Wildman–Crippen LogP) is 4.59. The third kappa shape index (κ3) is 4.75. The number of methoxy groups -OCH3 is 1. The third-order valence-corrected chi connectivity index (χ3v) is 7.29. The Morgan fingerprint density at radius 2 is 2.00 bits per heavy atom. The maximum atomic E-state index is 6.18. The van der Waals surface area contributed by atoms with Crippen LogP contribution in [-0.2, 0) is 4.74 Å². The Hall–Kier alpha value is -2.21. The molecule has 0 N–H and O–H groups in total. The van der Waals surface area contributed by atoms with Gasteiger partial charge >= 0.3 is 0 Å². The molecule has 0 amide bonds. The molecule has 1 aromatic heterocycles. The second kappa shape index (κ2) is 10.2. The lowest BCUT2D eigenvalue weighted by molar-refractivity contribution is 0.0799. The van der Waals surface area contributed by atoms with E-state index in [1.54, 1.807) is 13.3 Å². The SMILES string of the molecule is COC1C=CC=C2Oc3ncccc3C(=CCCN3CCN(C4CCCCC4)CC3)C=C21. The summed E-state index contributed by atoms with van der Waals surface area (Å²) in [6.45, 7) is 5.92. The smallest absolute Gasteiger partial charge is 0.227 e. The summed E-state index contributed by atoms with van der Waals surface area (Å²) in [4.78, 5) is 9.87. The van der Waals surface area contributed by atoms with Gasteiger partial charge in [-0.3, -0.25) is 4.90 Å². The zero-order valence-electron chi connectivity index (χ0n) is 19.2. The fraction of sp³-hybridized carbons (Fsp3) is 0.519. The van der Waals surface area contributed by atoms with Crippen molar-refractivity contribution in [3.8, 4) is 5.88 Å². The Bertz CT molecular complexity index is 919. The predicted molar refractivity (Wildman–Crippen MR) is 128 cm³/mol. The Balaban J connectivity index is 1.26. The highest BCUT2D eigenvalue weighted by molar-refractivity contribution is 5.80. The molecule has 1 atom stereocenters. The van der Waals surface area contributed by atoms with Gasteiger partial charge in [0.1, 0.15) is 11.9 Å². The van der Waals surface area contributed by atoms with Crippen LogP contribution >= 0.6 is 0 Å². The van der Waals surface area contributed by atoms with Crippen molar-refractivity contribution in [2.75, 3.05) is 39.8 Å². The van der Waals surface area contributed by atoms with Crippen molar-refractivity contribution in [2.45, 2.75) is 50.7 Å². The highest BCUT2D eigenvalue weighted by atomic mass is 16.5. The largest absolute Gasteiger partial charge is 0.438 e. The zero-order valence-corrected chi connectivity index (χ0v) is 19.2. The van der Waals surface area contributed by atoms with Gasteiger partial charge < -0.3 is 14.4 Å². The van der Waals surface area contributed by atoms with Gasteiger partial charge in [-0.1, -0.05) is 37.5 Å². The lowest BCUT2D eigenvalue weighted by Gasteiger charge is -2.40. The first-order chi connectivity index (χ1) is 15.8. The first-order valence-corrected chi connectivity index (χ1v) is 12.2. The van der Waals surface area contributed by atoms with Crippen LogP contribution in [0.5, 0.6) is 5.88 Å². The first-order valence-electron chi connectivity index (χ1n) is 12.2. The lowest BCUT2D eigenvalue weighted by Crippen LogP contribution is -2.50. The minimum atomic E-state index is -0.0967. The summed E-state index contributed by atoms with van der Waals surface area (Å²) in [5, 5.41) is 0. The standard InChI is InChI=1S/C27H35N3O2/c1-31-25-12-5-13-26-24(25)20-21(23-11-6-14-28-27(23)32-26)8-7-15-29-16-18-30(19-17-29)22-9-3-2-4-10-22/h5-6,8,11-14,20,22,25H,2-4,7,9-10,15-19H2,1H3. The number of hydrogen-bond acceptors (Lipinski definition) is 5. The molecule has 32 heavy (non-hydrogen) atoms. The van der Waals surface area contributed by atoms with E-state index in [9.17, 15) is 0 Å². The van der Waals surface area contributed by atoms with E-state index in [1.165, 1.54) is 63.9 Å². The summed E-state index contributed by atoms with van der Waals surface area (Å²) >= 11 is 0. The minimum Gasteiger partial charge on any atom is -0.438 e. The lowest BCUT2D eigenvalue weighted by atomic mass is 9.94. The average Bonchev–Trinajstić information content (AvgIpc) is 3.01. The second-order valence-corrected chi connectivity index (χ2v) is 9.25. The van der Waals surface area contributed by atoms with E-state index in [4.69, 9.17) is 9.47 Å². The Labute approximate surface area is 192 Å². The number of ether oxygens (including phenoxy) is 2. The minimum absolute atomic E-state index is 0.0967. The van der Waals surface area contributed by atoms with Crippen molar-refractivity contribution in [1.29, 1.82) is 0 Å². The van der Waals surface area contributed by atoms with Gasteiger partial charge in [0, 0.05) is 63.2 Å². The molecule has 0 spiro atoms. The van der Waals surface area contributed by atoms with Crippen LogP contribution in [0.15, 0.2) is 60.0 Å². The molecule has 2 fully saturated rings. The quantitative estimate of drug-likeness (QED) is 0.679. The number of nitrogens with zero attached hydrogens (tertiary/aromatic N) is 3. The molecule has 3 heterocycles. The monoisotopic (exact) mass is 433 g/mol. The molecule has 2 aliphatic heterocycles. The number of aromatic nitrogens is 1. The van der Waals surface area contributed by atoms with Crippen LogP contribution in [-0.4, -0.2) is 66.8 Å². The van der Waals surface area contributed by atoms with Crippen LogP contribution in [0.3, 0.4) is 0 Å². The summed E-state index contributed by atoms with van der Waals surface area (Å²) in [5.74, 6) is 1.49. The third-order valence-electron chi connectivity index (χ3n) is 7.29. The van der Waals surface area contributed by atoms with E-state index in [0.717, 1.165) is 35.9 Å². The van der Waals surface area contributed by atoms with Crippen molar-refractivity contribution in [3.05, 3.63) is 65.6 Å². The van der Waals surface area contributed by atoms with Crippen LogP contribution < -0.4 is 4.74 Å². The summed E-state index contributed by atoms with van der Waals surface area (Å²) < 4.78 is 11.9. The molecule has 0 radical (unpaired) electrons. The van der Waals surface area contributed by atoms with Crippen molar-refractivity contribution < 1.29 is 9.47 Å². The first kappa shape index (κ1) is 21.6. The molecule has 4 aliphatic rings. The van der Waals surface area contributed by atoms with Crippen LogP contribution in [0.4, 0.5) is 0 Å². The number of pyridine rings is 1. The second-order valence-electron chi connectivity index (χ2n) is 9.25. The van der Waals surface area contributed by atoms with Crippen molar-refractivity contribution >= 4 is 5.57 Å². The number of allylic oxidation sites excluding steroid dienone is 4. The fourth-order valence-electron chi connectivity index (χ4n) is 5.45. The van der Waals surface area contributed by atoms with Gasteiger partial charge in [0.25, 0.3) is 0 Å². The summed E-state index contributed by atoms with van der Waals surface area (Å²) in [7, 11) is 1.74.